The molecule has 6 nitrogen and oxygen atoms in total. The van der Waals surface area contributed by atoms with E-state index < -0.39 is 5.56 Å². The lowest BCUT2D eigenvalue weighted by atomic mass is 10.0. The van der Waals surface area contributed by atoms with Crippen molar-refractivity contribution in [2.24, 2.45) is 5.92 Å². The van der Waals surface area contributed by atoms with Crippen molar-refractivity contribution in [3.8, 4) is 11.4 Å². The van der Waals surface area contributed by atoms with Gasteiger partial charge in [0.1, 0.15) is 11.4 Å². The molecule has 0 radical (unpaired) electrons. The van der Waals surface area contributed by atoms with E-state index in [9.17, 15) is 9.59 Å². The molecule has 25 heavy (non-hydrogen) atoms. The number of H-pyrrole nitrogens is 1. The van der Waals surface area contributed by atoms with Crippen LogP contribution in [0.1, 0.15) is 35.2 Å². The normalized spacial score (nSPS) is 16.8. The van der Waals surface area contributed by atoms with E-state index in [0.717, 1.165) is 43.6 Å². The first-order valence-electron chi connectivity index (χ1n) is 8.66. The number of hydrogen-bond acceptors (Lipinski definition) is 4. The molecule has 1 saturated heterocycles. The Hall–Kier alpha value is -2.47. The minimum absolute atomic E-state index is 0.0417. The van der Waals surface area contributed by atoms with Crippen LogP contribution in [-0.2, 0) is 4.74 Å². The first kappa shape index (κ1) is 17.4. The van der Waals surface area contributed by atoms with E-state index in [4.69, 9.17) is 4.74 Å². The van der Waals surface area contributed by atoms with Crippen LogP contribution in [0.3, 0.4) is 0 Å². The number of amides is 1. The molecule has 132 valence electrons. The van der Waals surface area contributed by atoms with Gasteiger partial charge in [0.05, 0.1) is 0 Å². The molecule has 2 N–H and O–H groups in total. The number of benzene rings is 1. The molecule has 0 bridgehead atoms. The standard InChI is InChI=1S/C19H23N3O3/c1-13-4-6-15(7-5-13)17-21-11-16(19(24)22-17)18(23)20-9-2-3-14-8-10-25-12-14/h4-7,11,14H,2-3,8-10,12H2,1H3,(H,20,23)(H,21,22,24)/t14-/m1/s1. The predicted octanol–water partition coefficient (Wildman–Crippen LogP) is 2.29. The second kappa shape index (κ2) is 8.07. The summed E-state index contributed by atoms with van der Waals surface area (Å²) in [6, 6.07) is 7.68. The topological polar surface area (TPSA) is 84.1 Å². The Morgan fingerprint density at radius 1 is 1.36 bits per heavy atom. The highest BCUT2D eigenvalue weighted by Gasteiger charge is 2.16. The maximum absolute atomic E-state index is 12.2. The fourth-order valence-corrected chi connectivity index (χ4v) is 2.91. The Balaban J connectivity index is 1.57. The van der Waals surface area contributed by atoms with Gasteiger partial charge in [0.15, 0.2) is 0 Å². The lowest BCUT2D eigenvalue weighted by Crippen LogP contribution is -2.31. The summed E-state index contributed by atoms with van der Waals surface area (Å²) in [5.74, 6) is 0.672. The summed E-state index contributed by atoms with van der Waals surface area (Å²) in [6.45, 7) is 4.20. The predicted molar refractivity (Wildman–Crippen MR) is 95.5 cm³/mol. The Labute approximate surface area is 146 Å². The van der Waals surface area contributed by atoms with Gasteiger partial charge in [0.25, 0.3) is 11.5 Å². The molecule has 1 aliphatic rings. The van der Waals surface area contributed by atoms with Gasteiger partial charge in [-0.2, -0.15) is 0 Å². The van der Waals surface area contributed by atoms with Gasteiger partial charge in [0, 0.05) is 31.5 Å². The molecule has 0 spiro atoms. The summed E-state index contributed by atoms with van der Waals surface area (Å²) in [5.41, 5.74) is 1.56. The molecule has 2 aromatic rings. The number of aromatic nitrogens is 2. The summed E-state index contributed by atoms with van der Waals surface area (Å²) in [5, 5.41) is 2.79. The Morgan fingerprint density at radius 3 is 2.84 bits per heavy atom. The molecule has 0 aliphatic carbocycles. The first-order chi connectivity index (χ1) is 12.1. The molecule has 3 rings (SSSR count). The van der Waals surface area contributed by atoms with Crippen LogP contribution in [0.25, 0.3) is 11.4 Å². The van der Waals surface area contributed by atoms with Crippen molar-refractivity contribution < 1.29 is 9.53 Å². The number of nitrogens with one attached hydrogen (secondary N) is 2. The maximum atomic E-state index is 12.2. The third-order valence-corrected chi connectivity index (χ3v) is 4.47. The van der Waals surface area contributed by atoms with E-state index in [1.165, 1.54) is 6.20 Å². The Morgan fingerprint density at radius 2 is 2.16 bits per heavy atom. The van der Waals surface area contributed by atoms with Crippen LogP contribution in [0.2, 0.25) is 0 Å². The molecule has 1 fully saturated rings. The minimum Gasteiger partial charge on any atom is -0.381 e. The fraction of sp³-hybridized carbons (Fsp3) is 0.421. The highest BCUT2D eigenvalue weighted by molar-refractivity contribution is 5.93. The summed E-state index contributed by atoms with van der Waals surface area (Å²) in [6.07, 6.45) is 4.35. The van der Waals surface area contributed by atoms with Crippen molar-refractivity contribution >= 4 is 5.91 Å². The van der Waals surface area contributed by atoms with Crippen LogP contribution in [0.15, 0.2) is 35.3 Å². The monoisotopic (exact) mass is 341 g/mol. The van der Waals surface area contributed by atoms with Gasteiger partial charge < -0.3 is 15.0 Å². The number of nitrogens with zero attached hydrogens (tertiary/aromatic N) is 1. The third-order valence-electron chi connectivity index (χ3n) is 4.47. The van der Waals surface area contributed by atoms with E-state index >= 15 is 0 Å². The van der Waals surface area contributed by atoms with Gasteiger partial charge in [-0.05, 0) is 32.1 Å². The van der Waals surface area contributed by atoms with E-state index in [1.807, 2.05) is 31.2 Å². The zero-order chi connectivity index (χ0) is 17.6. The van der Waals surface area contributed by atoms with E-state index in [1.54, 1.807) is 0 Å². The first-order valence-corrected chi connectivity index (χ1v) is 8.66. The average Bonchev–Trinajstić information content (AvgIpc) is 3.12. The minimum atomic E-state index is -0.424. The van der Waals surface area contributed by atoms with Crippen molar-refractivity contribution in [1.29, 1.82) is 0 Å². The van der Waals surface area contributed by atoms with Gasteiger partial charge in [-0.15, -0.1) is 0 Å². The molecule has 1 aromatic heterocycles. The number of rotatable bonds is 6. The smallest absolute Gasteiger partial charge is 0.264 e. The molecule has 1 aliphatic heterocycles. The molecular weight excluding hydrogens is 318 g/mol. The average molecular weight is 341 g/mol. The SMILES string of the molecule is Cc1ccc(-c2ncc(C(=O)NCCC[C@@H]3CCOC3)c(=O)[nH]2)cc1. The van der Waals surface area contributed by atoms with Crippen molar-refractivity contribution in [2.45, 2.75) is 26.2 Å². The zero-order valence-electron chi connectivity index (χ0n) is 14.4. The fourth-order valence-electron chi connectivity index (χ4n) is 2.91. The lowest BCUT2D eigenvalue weighted by molar-refractivity contribution is 0.0950. The van der Waals surface area contributed by atoms with Crippen LogP contribution >= 0.6 is 0 Å². The highest BCUT2D eigenvalue weighted by Crippen LogP contribution is 2.17. The van der Waals surface area contributed by atoms with Crippen molar-refractivity contribution in [1.82, 2.24) is 15.3 Å². The van der Waals surface area contributed by atoms with Crippen molar-refractivity contribution in [3.05, 3.63) is 51.9 Å². The number of carbonyl (C=O) groups is 1. The Kier molecular flexibility index (Phi) is 5.60. The summed E-state index contributed by atoms with van der Waals surface area (Å²) >= 11 is 0. The van der Waals surface area contributed by atoms with Crippen LogP contribution in [0, 0.1) is 12.8 Å². The largest absolute Gasteiger partial charge is 0.381 e. The number of ether oxygens (including phenoxy) is 1. The maximum Gasteiger partial charge on any atom is 0.264 e. The van der Waals surface area contributed by atoms with E-state index in [0.29, 0.717) is 18.3 Å². The number of aryl methyl sites for hydroxylation is 1. The summed E-state index contributed by atoms with van der Waals surface area (Å²) in [4.78, 5) is 31.3. The van der Waals surface area contributed by atoms with E-state index in [2.05, 4.69) is 15.3 Å². The Bertz CT molecular complexity index is 777. The molecule has 6 heteroatoms. The van der Waals surface area contributed by atoms with E-state index in [-0.39, 0.29) is 11.5 Å². The van der Waals surface area contributed by atoms with Crippen LogP contribution in [-0.4, -0.2) is 35.6 Å². The third kappa shape index (κ3) is 4.54. The van der Waals surface area contributed by atoms with Crippen molar-refractivity contribution in [3.63, 3.8) is 0 Å². The van der Waals surface area contributed by atoms with Gasteiger partial charge in [-0.25, -0.2) is 4.98 Å². The van der Waals surface area contributed by atoms with Crippen LogP contribution < -0.4 is 10.9 Å². The molecule has 1 atom stereocenters. The lowest BCUT2D eigenvalue weighted by Gasteiger charge is -2.08. The zero-order valence-corrected chi connectivity index (χ0v) is 14.4. The van der Waals surface area contributed by atoms with Gasteiger partial charge >= 0.3 is 0 Å². The summed E-state index contributed by atoms with van der Waals surface area (Å²) in [7, 11) is 0. The van der Waals surface area contributed by atoms with Gasteiger partial charge in [-0.3, -0.25) is 9.59 Å². The number of aromatic amines is 1. The highest BCUT2D eigenvalue weighted by atomic mass is 16.5. The summed E-state index contributed by atoms with van der Waals surface area (Å²) < 4.78 is 5.33. The van der Waals surface area contributed by atoms with Gasteiger partial charge in [0.2, 0.25) is 0 Å². The van der Waals surface area contributed by atoms with Gasteiger partial charge in [-0.1, -0.05) is 29.8 Å². The number of hydrogen-bond donors (Lipinski definition) is 2. The molecular formula is C19H23N3O3. The molecule has 1 aromatic carbocycles. The molecule has 2 heterocycles. The van der Waals surface area contributed by atoms with Crippen LogP contribution in [0.4, 0.5) is 0 Å². The molecule has 0 unspecified atom stereocenters. The van der Waals surface area contributed by atoms with Crippen molar-refractivity contribution in [2.75, 3.05) is 19.8 Å². The second-order valence-electron chi connectivity index (χ2n) is 6.47. The molecule has 0 saturated carbocycles. The quantitative estimate of drug-likeness (QED) is 0.790. The second-order valence-corrected chi connectivity index (χ2v) is 6.47. The number of carbonyl (C=O) groups excluding carboxylic acids is 1. The molecule has 1 amide bonds. The van der Waals surface area contributed by atoms with Crippen LogP contribution in [0.5, 0.6) is 0 Å².